The summed E-state index contributed by atoms with van der Waals surface area (Å²) in [5.74, 6) is -0.567. The summed E-state index contributed by atoms with van der Waals surface area (Å²) < 4.78 is 0. The Balaban J connectivity index is 1.89. The summed E-state index contributed by atoms with van der Waals surface area (Å²) in [6.07, 6.45) is 0. The van der Waals surface area contributed by atoms with Crippen LogP contribution in [0.1, 0.15) is 10.4 Å². The molecule has 0 saturated carbocycles. The van der Waals surface area contributed by atoms with E-state index < -0.39 is 0 Å². The van der Waals surface area contributed by atoms with E-state index in [1.807, 2.05) is 0 Å². The van der Waals surface area contributed by atoms with E-state index in [0.29, 0.717) is 18.7 Å². The van der Waals surface area contributed by atoms with Crippen molar-refractivity contribution in [3.63, 3.8) is 0 Å². The predicted molar refractivity (Wildman–Crippen MR) is 80.7 cm³/mol. The van der Waals surface area contributed by atoms with Crippen LogP contribution in [0.25, 0.3) is 0 Å². The lowest BCUT2D eigenvalue weighted by atomic mass is 10.1. The average Bonchev–Trinajstić information content (AvgIpc) is 2.48. The van der Waals surface area contributed by atoms with Crippen LogP contribution in [0.3, 0.4) is 0 Å². The first-order valence-electron chi connectivity index (χ1n) is 7.15. The van der Waals surface area contributed by atoms with Crippen molar-refractivity contribution in [2.45, 2.75) is 0 Å². The quantitative estimate of drug-likeness (QED) is 0.788. The van der Waals surface area contributed by atoms with Crippen molar-refractivity contribution in [1.82, 2.24) is 14.7 Å². The highest BCUT2D eigenvalue weighted by Crippen LogP contribution is 2.25. The van der Waals surface area contributed by atoms with Crippen LogP contribution in [0.4, 0.5) is 0 Å². The van der Waals surface area contributed by atoms with Crippen molar-refractivity contribution in [3.05, 3.63) is 23.8 Å². The third kappa shape index (κ3) is 4.09. The van der Waals surface area contributed by atoms with Gasteiger partial charge in [0.25, 0.3) is 5.91 Å². The topological polar surface area (TPSA) is 67.2 Å². The zero-order valence-corrected chi connectivity index (χ0v) is 12.6. The van der Waals surface area contributed by atoms with E-state index in [9.17, 15) is 15.0 Å². The van der Waals surface area contributed by atoms with Crippen LogP contribution in [-0.4, -0.2) is 84.2 Å². The molecular weight excluding hydrogens is 270 g/mol. The lowest BCUT2D eigenvalue weighted by Crippen LogP contribution is -2.49. The zero-order chi connectivity index (χ0) is 15.4. The Hall–Kier alpha value is -1.79. The molecule has 1 aromatic carbocycles. The van der Waals surface area contributed by atoms with E-state index in [2.05, 4.69) is 23.9 Å². The first-order chi connectivity index (χ1) is 9.97. The Morgan fingerprint density at radius 2 is 1.81 bits per heavy atom. The van der Waals surface area contributed by atoms with Gasteiger partial charge < -0.3 is 20.0 Å². The van der Waals surface area contributed by atoms with Crippen molar-refractivity contribution >= 4 is 5.91 Å². The Morgan fingerprint density at radius 3 is 2.38 bits per heavy atom. The standard InChI is InChI=1S/C15H23N3O3/c1-16(2)5-6-17-7-9-18(10-8-17)15(21)12-3-4-13(19)14(20)11-12/h3-4,11,19-20H,5-10H2,1-2H3. The third-order valence-electron chi connectivity index (χ3n) is 3.75. The van der Waals surface area contributed by atoms with Gasteiger partial charge in [-0.3, -0.25) is 9.69 Å². The summed E-state index contributed by atoms with van der Waals surface area (Å²) in [4.78, 5) is 18.6. The Morgan fingerprint density at radius 1 is 1.14 bits per heavy atom. The van der Waals surface area contributed by atoms with Crippen molar-refractivity contribution < 1.29 is 15.0 Å². The van der Waals surface area contributed by atoms with Gasteiger partial charge >= 0.3 is 0 Å². The minimum absolute atomic E-state index is 0.0995. The van der Waals surface area contributed by atoms with Gasteiger partial charge in [-0.05, 0) is 32.3 Å². The molecule has 1 saturated heterocycles. The molecule has 1 heterocycles. The van der Waals surface area contributed by atoms with Gasteiger partial charge in [-0.15, -0.1) is 0 Å². The molecule has 0 radical (unpaired) electrons. The van der Waals surface area contributed by atoms with E-state index in [1.54, 1.807) is 4.90 Å². The number of carbonyl (C=O) groups excluding carboxylic acids is 1. The van der Waals surface area contributed by atoms with Crippen LogP contribution >= 0.6 is 0 Å². The molecule has 21 heavy (non-hydrogen) atoms. The van der Waals surface area contributed by atoms with E-state index in [1.165, 1.54) is 18.2 Å². The Kier molecular flexibility index (Phi) is 5.03. The molecular formula is C15H23N3O3. The van der Waals surface area contributed by atoms with Gasteiger partial charge in [0.05, 0.1) is 0 Å². The third-order valence-corrected chi connectivity index (χ3v) is 3.75. The summed E-state index contributed by atoms with van der Waals surface area (Å²) in [5.41, 5.74) is 0.409. The molecule has 0 unspecified atom stereocenters. The highest BCUT2D eigenvalue weighted by atomic mass is 16.3. The van der Waals surface area contributed by atoms with Crippen LogP contribution < -0.4 is 0 Å². The second-order valence-corrected chi connectivity index (χ2v) is 5.64. The molecule has 2 N–H and O–H groups in total. The number of likely N-dealkylation sites (N-methyl/N-ethyl adjacent to an activating group) is 1. The largest absolute Gasteiger partial charge is 0.504 e. The number of hydrogen-bond acceptors (Lipinski definition) is 5. The fourth-order valence-electron chi connectivity index (χ4n) is 2.36. The molecule has 116 valence electrons. The maximum atomic E-state index is 12.3. The molecule has 0 atom stereocenters. The lowest BCUT2D eigenvalue weighted by molar-refractivity contribution is 0.0629. The first kappa shape index (κ1) is 15.6. The smallest absolute Gasteiger partial charge is 0.254 e. The van der Waals surface area contributed by atoms with Gasteiger partial charge in [-0.1, -0.05) is 0 Å². The van der Waals surface area contributed by atoms with Crippen molar-refractivity contribution in [2.75, 3.05) is 53.4 Å². The van der Waals surface area contributed by atoms with Crippen molar-refractivity contribution in [2.24, 2.45) is 0 Å². The molecule has 6 nitrogen and oxygen atoms in total. The van der Waals surface area contributed by atoms with E-state index in [0.717, 1.165) is 26.2 Å². The molecule has 0 spiro atoms. The number of piperazine rings is 1. The Labute approximate surface area is 125 Å². The van der Waals surface area contributed by atoms with E-state index in [-0.39, 0.29) is 17.4 Å². The van der Waals surface area contributed by atoms with E-state index in [4.69, 9.17) is 0 Å². The number of nitrogens with zero attached hydrogens (tertiary/aromatic N) is 3. The minimum Gasteiger partial charge on any atom is -0.504 e. The molecule has 1 aromatic rings. The van der Waals surface area contributed by atoms with Gasteiger partial charge in [0, 0.05) is 44.8 Å². The maximum absolute atomic E-state index is 12.3. The summed E-state index contributed by atoms with van der Waals surface area (Å²) in [6, 6.07) is 4.20. The lowest BCUT2D eigenvalue weighted by Gasteiger charge is -2.35. The number of amides is 1. The number of hydrogen-bond donors (Lipinski definition) is 2. The number of carbonyl (C=O) groups is 1. The molecule has 0 aromatic heterocycles. The van der Waals surface area contributed by atoms with Gasteiger partial charge in [-0.2, -0.15) is 0 Å². The van der Waals surface area contributed by atoms with Crippen molar-refractivity contribution in [1.29, 1.82) is 0 Å². The highest BCUT2D eigenvalue weighted by Gasteiger charge is 2.22. The number of rotatable bonds is 4. The number of phenolic OH excluding ortho intramolecular Hbond substituents is 2. The SMILES string of the molecule is CN(C)CCN1CCN(C(=O)c2ccc(O)c(O)c2)CC1. The first-order valence-corrected chi connectivity index (χ1v) is 7.15. The van der Waals surface area contributed by atoms with Crippen LogP contribution in [0.15, 0.2) is 18.2 Å². The van der Waals surface area contributed by atoms with Gasteiger partial charge in [0.15, 0.2) is 11.5 Å². The van der Waals surface area contributed by atoms with Gasteiger partial charge in [0.1, 0.15) is 0 Å². The second kappa shape index (κ2) is 6.78. The van der Waals surface area contributed by atoms with Gasteiger partial charge in [0.2, 0.25) is 0 Å². The molecule has 2 rings (SSSR count). The molecule has 1 aliphatic heterocycles. The van der Waals surface area contributed by atoms with Crippen LogP contribution in [0, 0.1) is 0 Å². The summed E-state index contributed by atoms with van der Waals surface area (Å²) in [7, 11) is 4.11. The molecule has 0 aliphatic carbocycles. The van der Waals surface area contributed by atoms with Crippen molar-refractivity contribution in [3.8, 4) is 11.5 Å². The summed E-state index contributed by atoms with van der Waals surface area (Å²) in [6.45, 7) is 5.13. The molecule has 1 aliphatic rings. The second-order valence-electron chi connectivity index (χ2n) is 5.64. The monoisotopic (exact) mass is 293 g/mol. The molecule has 1 amide bonds. The van der Waals surface area contributed by atoms with Gasteiger partial charge in [-0.25, -0.2) is 0 Å². The highest BCUT2D eigenvalue weighted by molar-refractivity contribution is 5.95. The minimum atomic E-state index is -0.259. The maximum Gasteiger partial charge on any atom is 0.254 e. The van der Waals surface area contributed by atoms with Crippen LogP contribution in [0.5, 0.6) is 11.5 Å². The normalized spacial score (nSPS) is 16.4. The molecule has 1 fully saturated rings. The summed E-state index contributed by atoms with van der Waals surface area (Å²) >= 11 is 0. The number of phenols is 2. The predicted octanol–water partition coefficient (Wildman–Crippen LogP) is 0.417. The van der Waals surface area contributed by atoms with Crippen LogP contribution in [-0.2, 0) is 0 Å². The van der Waals surface area contributed by atoms with E-state index >= 15 is 0 Å². The fraction of sp³-hybridized carbons (Fsp3) is 0.533. The number of benzene rings is 1. The van der Waals surface area contributed by atoms with Crippen LogP contribution in [0.2, 0.25) is 0 Å². The Bertz CT molecular complexity index is 497. The zero-order valence-electron chi connectivity index (χ0n) is 12.6. The molecule has 0 bridgehead atoms. The average molecular weight is 293 g/mol. The molecule has 6 heteroatoms. The fourth-order valence-corrected chi connectivity index (χ4v) is 2.36. The summed E-state index contributed by atoms with van der Waals surface area (Å²) in [5, 5.41) is 18.8. The number of aromatic hydroxyl groups is 2.